The topological polar surface area (TPSA) is 79.9 Å². The maximum absolute atomic E-state index is 8.65. The standard InChI is InChI=1S/C14H23N3O2/c1-19-13-8-6-12(7-9-13)17-14(15)16-10-4-2-3-5-11-18/h6-9,18H,2-5,10-11H2,1H3,(H3,15,16,17). The number of benzene rings is 1. The quantitative estimate of drug-likeness (QED) is 0.381. The molecule has 0 atom stereocenters. The van der Waals surface area contributed by atoms with Gasteiger partial charge in [0, 0.05) is 18.8 Å². The zero-order valence-corrected chi connectivity index (χ0v) is 11.4. The minimum Gasteiger partial charge on any atom is -0.497 e. The molecule has 0 unspecified atom stereocenters. The average molecular weight is 265 g/mol. The lowest BCUT2D eigenvalue weighted by Crippen LogP contribution is -2.22. The Kier molecular flexibility index (Phi) is 7.43. The lowest BCUT2D eigenvalue weighted by Gasteiger charge is -2.06. The first-order valence-electron chi connectivity index (χ1n) is 6.58. The predicted molar refractivity (Wildman–Crippen MR) is 78.7 cm³/mol. The molecule has 5 heteroatoms. The van der Waals surface area contributed by atoms with Crippen molar-refractivity contribution in [3.63, 3.8) is 0 Å². The van der Waals surface area contributed by atoms with E-state index in [4.69, 9.17) is 15.6 Å². The van der Waals surface area contributed by atoms with Crippen molar-refractivity contribution in [1.29, 1.82) is 0 Å². The number of methoxy groups -OCH3 is 1. The van der Waals surface area contributed by atoms with Crippen LogP contribution in [-0.4, -0.2) is 31.3 Å². The van der Waals surface area contributed by atoms with Gasteiger partial charge in [-0.15, -0.1) is 0 Å². The van der Waals surface area contributed by atoms with Crippen molar-refractivity contribution in [2.75, 3.05) is 25.6 Å². The van der Waals surface area contributed by atoms with Crippen molar-refractivity contribution in [2.45, 2.75) is 25.7 Å². The highest BCUT2D eigenvalue weighted by molar-refractivity contribution is 5.92. The van der Waals surface area contributed by atoms with Gasteiger partial charge >= 0.3 is 0 Å². The number of rotatable bonds is 8. The number of hydrogen-bond donors (Lipinski definition) is 3. The summed E-state index contributed by atoms with van der Waals surface area (Å²) in [5.41, 5.74) is 6.68. The molecule has 0 aromatic heterocycles. The number of nitrogens with two attached hydrogens (primary N) is 1. The fourth-order valence-corrected chi connectivity index (χ4v) is 1.64. The van der Waals surface area contributed by atoms with Gasteiger partial charge in [-0.05, 0) is 37.1 Å². The second-order valence-electron chi connectivity index (χ2n) is 4.26. The number of unbranched alkanes of at least 4 members (excludes halogenated alkanes) is 3. The lowest BCUT2D eigenvalue weighted by molar-refractivity contribution is 0.282. The summed E-state index contributed by atoms with van der Waals surface area (Å²) in [5, 5.41) is 11.7. The van der Waals surface area contributed by atoms with E-state index in [0.717, 1.165) is 37.1 Å². The fourth-order valence-electron chi connectivity index (χ4n) is 1.64. The van der Waals surface area contributed by atoms with E-state index < -0.39 is 0 Å². The molecule has 5 nitrogen and oxygen atoms in total. The summed E-state index contributed by atoms with van der Waals surface area (Å²) >= 11 is 0. The Morgan fingerprint density at radius 2 is 1.89 bits per heavy atom. The first-order valence-corrected chi connectivity index (χ1v) is 6.58. The van der Waals surface area contributed by atoms with Gasteiger partial charge in [0.1, 0.15) is 5.75 Å². The number of aliphatic hydroxyl groups excluding tert-OH is 1. The molecular formula is C14H23N3O2. The van der Waals surface area contributed by atoms with Crippen LogP contribution in [-0.2, 0) is 0 Å². The third kappa shape index (κ3) is 6.67. The molecule has 0 saturated carbocycles. The number of guanidine groups is 1. The van der Waals surface area contributed by atoms with Gasteiger partial charge in [-0.25, -0.2) is 0 Å². The van der Waals surface area contributed by atoms with Crippen molar-refractivity contribution in [1.82, 2.24) is 0 Å². The third-order valence-electron chi connectivity index (χ3n) is 2.71. The van der Waals surface area contributed by atoms with Gasteiger partial charge < -0.3 is 20.9 Å². The maximum Gasteiger partial charge on any atom is 0.193 e. The predicted octanol–water partition coefficient (Wildman–Crippen LogP) is 1.97. The molecule has 19 heavy (non-hydrogen) atoms. The van der Waals surface area contributed by atoms with E-state index in [1.165, 1.54) is 0 Å². The minimum atomic E-state index is 0.268. The smallest absolute Gasteiger partial charge is 0.193 e. The summed E-state index contributed by atoms with van der Waals surface area (Å²) in [6, 6.07) is 7.51. The van der Waals surface area contributed by atoms with Crippen molar-refractivity contribution >= 4 is 11.6 Å². The highest BCUT2D eigenvalue weighted by Gasteiger charge is 1.96. The SMILES string of the molecule is COc1ccc(NC(N)=NCCCCCCO)cc1. The van der Waals surface area contributed by atoms with Gasteiger partial charge in [0.05, 0.1) is 7.11 Å². The van der Waals surface area contributed by atoms with Crippen LogP contribution in [0, 0.1) is 0 Å². The number of nitrogens with one attached hydrogen (secondary N) is 1. The van der Waals surface area contributed by atoms with Gasteiger partial charge in [0.2, 0.25) is 0 Å². The molecule has 0 fully saturated rings. The number of nitrogens with zero attached hydrogens (tertiary/aromatic N) is 1. The van der Waals surface area contributed by atoms with Crippen molar-refractivity contribution in [3.8, 4) is 5.75 Å². The molecule has 1 aromatic rings. The second kappa shape index (κ2) is 9.22. The molecule has 106 valence electrons. The molecule has 0 aliphatic rings. The summed E-state index contributed by atoms with van der Waals surface area (Å²) < 4.78 is 5.08. The van der Waals surface area contributed by atoms with Crippen LogP contribution in [0.3, 0.4) is 0 Å². The Hall–Kier alpha value is -1.75. The van der Waals surface area contributed by atoms with Crippen LogP contribution in [0.4, 0.5) is 5.69 Å². The number of anilines is 1. The number of aliphatic hydroxyl groups is 1. The number of aliphatic imine (C=N–C) groups is 1. The molecule has 0 aliphatic heterocycles. The first kappa shape index (κ1) is 15.3. The summed E-state index contributed by atoms with van der Waals surface area (Å²) in [7, 11) is 1.63. The van der Waals surface area contributed by atoms with E-state index in [2.05, 4.69) is 10.3 Å². The van der Waals surface area contributed by atoms with Crippen molar-refractivity contribution < 1.29 is 9.84 Å². The summed E-state index contributed by atoms with van der Waals surface area (Å²) in [5.74, 6) is 1.23. The Morgan fingerprint density at radius 1 is 1.21 bits per heavy atom. The molecule has 0 saturated heterocycles. The average Bonchev–Trinajstić information content (AvgIpc) is 2.43. The largest absolute Gasteiger partial charge is 0.497 e. The van der Waals surface area contributed by atoms with E-state index >= 15 is 0 Å². The minimum absolute atomic E-state index is 0.268. The van der Waals surface area contributed by atoms with Crippen molar-refractivity contribution in [3.05, 3.63) is 24.3 Å². The van der Waals surface area contributed by atoms with Gasteiger partial charge in [0.25, 0.3) is 0 Å². The molecule has 1 aromatic carbocycles. The molecule has 0 heterocycles. The van der Waals surface area contributed by atoms with Crippen LogP contribution >= 0.6 is 0 Å². The van der Waals surface area contributed by atoms with E-state index in [1.54, 1.807) is 7.11 Å². The Morgan fingerprint density at radius 3 is 2.53 bits per heavy atom. The maximum atomic E-state index is 8.65. The first-order chi connectivity index (χ1) is 9.26. The molecule has 0 spiro atoms. The summed E-state index contributed by atoms with van der Waals surface area (Å²) in [6.07, 6.45) is 3.96. The normalized spacial score (nSPS) is 11.4. The molecular weight excluding hydrogens is 242 g/mol. The zero-order valence-electron chi connectivity index (χ0n) is 11.4. The van der Waals surface area contributed by atoms with Crippen LogP contribution in [0.1, 0.15) is 25.7 Å². The molecule has 4 N–H and O–H groups in total. The van der Waals surface area contributed by atoms with E-state index in [9.17, 15) is 0 Å². The Balaban J connectivity index is 2.26. The van der Waals surface area contributed by atoms with Gasteiger partial charge in [-0.3, -0.25) is 4.99 Å². The lowest BCUT2D eigenvalue weighted by atomic mass is 10.2. The van der Waals surface area contributed by atoms with Crippen LogP contribution in [0.25, 0.3) is 0 Å². The van der Waals surface area contributed by atoms with Crippen LogP contribution < -0.4 is 15.8 Å². The van der Waals surface area contributed by atoms with E-state index in [0.29, 0.717) is 12.5 Å². The highest BCUT2D eigenvalue weighted by atomic mass is 16.5. The molecule has 0 amide bonds. The van der Waals surface area contributed by atoms with Gasteiger partial charge in [0.15, 0.2) is 5.96 Å². The summed E-state index contributed by atoms with van der Waals surface area (Å²) in [6.45, 7) is 0.977. The van der Waals surface area contributed by atoms with E-state index in [-0.39, 0.29) is 6.61 Å². The third-order valence-corrected chi connectivity index (χ3v) is 2.71. The van der Waals surface area contributed by atoms with Crippen LogP contribution in [0.5, 0.6) is 5.75 Å². The Bertz CT molecular complexity index is 377. The monoisotopic (exact) mass is 265 g/mol. The van der Waals surface area contributed by atoms with Gasteiger partial charge in [-0.2, -0.15) is 0 Å². The molecule has 0 radical (unpaired) electrons. The highest BCUT2D eigenvalue weighted by Crippen LogP contribution is 2.14. The van der Waals surface area contributed by atoms with Crippen LogP contribution in [0.15, 0.2) is 29.3 Å². The molecule has 0 aliphatic carbocycles. The van der Waals surface area contributed by atoms with Crippen LogP contribution in [0.2, 0.25) is 0 Å². The number of hydrogen-bond acceptors (Lipinski definition) is 3. The molecule has 1 rings (SSSR count). The molecule has 0 bridgehead atoms. The van der Waals surface area contributed by atoms with Crippen molar-refractivity contribution in [2.24, 2.45) is 10.7 Å². The number of ether oxygens (including phenoxy) is 1. The fraction of sp³-hybridized carbons (Fsp3) is 0.500. The van der Waals surface area contributed by atoms with Gasteiger partial charge in [-0.1, -0.05) is 12.8 Å². The van der Waals surface area contributed by atoms with E-state index in [1.807, 2.05) is 24.3 Å². The summed E-state index contributed by atoms with van der Waals surface area (Å²) in [4.78, 5) is 4.25. The Labute approximate surface area is 114 Å². The second-order valence-corrected chi connectivity index (χ2v) is 4.26. The zero-order chi connectivity index (χ0) is 13.9.